The first-order chi connectivity index (χ1) is 12.4. The number of non-ortho nitro benzene ring substituents is 1. The molecule has 9 heteroatoms. The first-order valence-electron chi connectivity index (χ1n) is 8.96. The summed E-state index contributed by atoms with van der Waals surface area (Å²) in [5.74, 6) is 0. The standard InChI is InChI=1S/C17H25N3O5S/c1-13-12-15(20(21)22)2-3-17(13)18-14-4-8-19(9-5-14)26(23,24)16-6-10-25-11-7-16/h2-3,12,14,16,18H,4-11H2,1H3. The number of rotatable bonds is 5. The molecule has 1 aromatic rings. The van der Waals surface area contributed by atoms with Crippen LogP contribution in [0.1, 0.15) is 31.2 Å². The van der Waals surface area contributed by atoms with Crippen LogP contribution >= 0.6 is 0 Å². The van der Waals surface area contributed by atoms with Crippen molar-refractivity contribution < 1.29 is 18.1 Å². The Labute approximate surface area is 153 Å². The minimum atomic E-state index is -3.25. The van der Waals surface area contributed by atoms with Crippen molar-refractivity contribution >= 4 is 21.4 Å². The number of anilines is 1. The molecule has 0 bridgehead atoms. The summed E-state index contributed by atoms with van der Waals surface area (Å²) in [4.78, 5) is 10.4. The molecule has 8 nitrogen and oxygen atoms in total. The highest BCUT2D eigenvalue weighted by molar-refractivity contribution is 7.89. The van der Waals surface area contributed by atoms with E-state index < -0.39 is 14.9 Å². The third-order valence-electron chi connectivity index (χ3n) is 5.18. The summed E-state index contributed by atoms with van der Waals surface area (Å²) in [6.45, 7) is 3.87. The number of hydrogen-bond donors (Lipinski definition) is 1. The number of benzene rings is 1. The zero-order chi connectivity index (χ0) is 18.7. The normalized spacial score (nSPS) is 20.8. The molecule has 2 heterocycles. The average molecular weight is 383 g/mol. The second-order valence-corrected chi connectivity index (χ2v) is 9.14. The number of sulfonamides is 1. The molecule has 0 spiro atoms. The Morgan fingerprint density at radius 2 is 1.85 bits per heavy atom. The van der Waals surface area contributed by atoms with Crippen molar-refractivity contribution in [3.63, 3.8) is 0 Å². The van der Waals surface area contributed by atoms with E-state index in [1.165, 1.54) is 6.07 Å². The van der Waals surface area contributed by atoms with Gasteiger partial charge in [-0.15, -0.1) is 0 Å². The van der Waals surface area contributed by atoms with Crippen molar-refractivity contribution in [2.24, 2.45) is 0 Å². The lowest BCUT2D eigenvalue weighted by Crippen LogP contribution is -2.47. The molecule has 0 unspecified atom stereocenters. The molecule has 0 atom stereocenters. The van der Waals surface area contributed by atoms with Gasteiger partial charge in [0.15, 0.2) is 0 Å². The highest BCUT2D eigenvalue weighted by Gasteiger charge is 2.35. The molecule has 3 rings (SSSR count). The number of nitrogens with one attached hydrogen (secondary N) is 1. The van der Waals surface area contributed by atoms with E-state index in [0.717, 1.165) is 24.1 Å². The summed E-state index contributed by atoms with van der Waals surface area (Å²) in [5, 5.41) is 13.9. The smallest absolute Gasteiger partial charge is 0.269 e. The molecule has 2 aliphatic heterocycles. The van der Waals surface area contributed by atoms with Gasteiger partial charge in [-0.25, -0.2) is 12.7 Å². The molecule has 144 valence electrons. The zero-order valence-corrected chi connectivity index (χ0v) is 15.7. The van der Waals surface area contributed by atoms with Crippen molar-refractivity contribution in [1.82, 2.24) is 4.31 Å². The van der Waals surface area contributed by atoms with Gasteiger partial charge in [0.25, 0.3) is 5.69 Å². The molecule has 2 fully saturated rings. The number of hydrogen-bond acceptors (Lipinski definition) is 6. The van der Waals surface area contributed by atoms with E-state index in [1.54, 1.807) is 16.4 Å². The van der Waals surface area contributed by atoms with Crippen LogP contribution in [0.2, 0.25) is 0 Å². The first kappa shape index (κ1) is 19.1. The lowest BCUT2D eigenvalue weighted by atomic mass is 10.1. The molecular formula is C17H25N3O5S. The maximum atomic E-state index is 12.7. The van der Waals surface area contributed by atoms with Crippen LogP contribution in [0.5, 0.6) is 0 Å². The van der Waals surface area contributed by atoms with Crippen LogP contribution in [-0.4, -0.2) is 55.2 Å². The lowest BCUT2D eigenvalue weighted by Gasteiger charge is -2.35. The molecular weight excluding hydrogens is 358 g/mol. The summed E-state index contributed by atoms with van der Waals surface area (Å²) in [6.07, 6.45) is 2.59. The predicted molar refractivity (Wildman–Crippen MR) is 98.8 cm³/mol. The average Bonchev–Trinajstić information content (AvgIpc) is 2.64. The summed E-state index contributed by atoms with van der Waals surface area (Å²) in [7, 11) is -3.25. The Bertz CT molecular complexity index is 754. The van der Waals surface area contributed by atoms with Crippen LogP contribution in [-0.2, 0) is 14.8 Å². The van der Waals surface area contributed by atoms with Gasteiger partial charge in [0, 0.05) is 50.2 Å². The Hall–Kier alpha value is -1.71. The van der Waals surface area contributed by atoms with Gasteiger partial charge in [0.2, 0.25) is 10.0 Å². The monoisotopic (exact) mass is 383 g/mol. The fourth-order valence-electron chi connectivity index (χ4n) is 3.58. The Morgan fingerprint density at radius 1 is 1.19 bits per heavy atom. The quantitative estimate of drug-likeness (QED) is 0.618. The van der Waals surface area contributed by atoms with Crippen LogP contribution < -0.4 is 5.32 Å². The zero-order valence-electron chi connectivity index (χ0n) is 14.9. The van der Waals surface area contributed by atoms with Gasteiger partial charge in [-0.05, 0) is 44.2 Å². The minimum absolute atomic E-state index is 0.0745. The molecule has 0 aromatic heterocycles. The summed E-state index contributed by atoms with van der Waals surface area (Å²) in [6, 6.07) is 4.92. The topological polar surface area (TPSA) is 102 Å². The van der Waals surface area contributed by atoms with E-state index >= 15 is 0 Å². The molecule has 0 radical (unpaired) electrons. The molecule has 26 heavy (non-hydrogen) atoms. The van der Waals surface area contributed by atoms with E-state index in [2.05, 4.69) is 5.32 Å². The number of nitro benzene ring substituents is 1. The summed E-state index contributed by atoms with van der Waals surface area (Å²) >= 11 is 0. The van der Waals surface area contributed by atoms with E-state index in [1.807, 2.05) is 6.92 Å². The van der Waals surface area contributed by atoms with Crippen LogP contribution in [0.4, 0.5) is 11.4 Å². The van der Waals surface area contributed by atoms with Gasteiger partial charge in [-0.1, -0.05) is 0 Å². The number of aryl methyl sites for hydroxylation is 1. The molecule has 0 saturated carbocycles. The van der Waals surface area contributed by atoms with Gasteiger partial charge in [-0.2, -0.15) is 0 Å². The van der Waals surface area contributed by atoms with E-state index in [4.69, 9.17) is 4.74 Å². The fourth-order valence-corrected chi connectivity index (χ4v) is 5.51. The second-order valence-electron chi connectivity index (χ2n) is 6.93. The summed E-state index contributed by atoms with van der Waals surface area (Å²) < 4.78 is 32.4. The van der Waals surface area contributed by atoms with E-state index in [-0.39, 0.29) is 17.0 Å². The Balaban J connectivity index is 1.58. The Kier molecular flexibility index (Phi) is 5.79. The minimum Gasteiger partial charge on any atom is -0.382 e. The maximum Gasteiger partial charge on any atom is 0.269 e. The molecule has 2 aliphatic rings. The number of piperidine rings is 1. The molecule has 0 amide bonds. The maximum absolute atomic E-state index is 12.7. The van der Waals surface area contributed by atoms with Crippen LogP contribution in [0.15, 0.2) is 18.2 Å². The molecule has 1 N–H and O–H groups in total. The third kappa shape index (κ3) is 4.16. The van der Waals surface area contributed by atoms with Crippen molar-refractivity contribution in [3.05, 3.63) is 33.9 Å². The van der Waals surface area contributed by atoms with E-state index in [9.17, 15) is 18.5 Å². The van der Waals surface area contributed by atoms with Crippen molar-refractivity contribution in [1.29, 1.82) is 0 Å². The van der Waals surface area contributed by atoms with Gasteiger partial charge in [-0.3, -0.25) is 10.1 Å². The molecule has 2 saturated heterocycles. The predicted octanol–water partition coefficient (Wildman–Crippen LogP) is 2.29. The van der Waals surface area contributed by atoms with Crippen molar-refractivity contribution in [2.75, 3.05) is 31.6 Å². The fraction of sp³-hybridized carbons (Fsp3) is 0.647. The van der Waals surface area contributed by atoms with Gasteiger partial charge >= 0.3 is 0 Å². The molecule has 1 aromatic carbocycles. The number of ether oxygens (including phenoxy) is 1. The van der Waals surface area contributed by atoms with E-state index in [0.29, 0.717) is 39.1 Å². The third-order valence-corrected chi connectivity index (χ3v) is 7.58. The molecule has 0 aliphatic carbocycles. The SMILES string of the molecule is Cc1cc([N+](=O)[O-])ccc1NC1CCN(S(=O)(=O)C2CCOCC2)CC1. The van der Waals surface area contributed by atoms with Crippen LogP contribution in [0, 0.1) is 17.0 Å². The second kappa shape index (κ2) is 7.89. The highest BCUT2D eigenvalue weighted by atomic mass is 32.2. The van der Waals surface area contributed by atoms with Gasteiger partial charge in [0.05, 0.1) is 10.2 Å². The van der Waals surface area contributed by atoms with Crippen molar-refractivity contribution in [3.8, 4) is 0 Å². The largest absolute Gasteiger partial charge is 0.382 e. The highest BCUT2D eigenvalue weighted by Crippen LogP contribution is 2.26. The van der Waals surface area contributed by atoms with Crippen LogP contribution in [0.25, 0.3) is 0 Å². The van der Waals surface area contributed by atoms with Crippen molar-refractivity contribution in [2.45, 2.75) is 43.9 Å². The number of nitrogens with zero attached hydrogens (tertiary/aromatic N) is 2. The first-order valence-corrected chi connectivity index (χ1v) is 10.5. The number of nitro groups is 1. The van der Waals surface area contributed by atoms with Crippen LogP contribution in [0.3, 0.4) is 0 Å². The van der Waals surface area contributed by atoms with Gasteiger partial charge in [0.1, 0.15) is 0 Å². The lowest BCUT2D eigenvalue weighted by molar-refractivity contribution is -0.384. The Morgan fingerprint density at radius 3 is 2.42 bits per heavy atom. The summed E-state index contributed by atoms with van der Waals surface area (Å²) in [5.41, 5.74) is 1.75. The van der Waals surface area contributed by atoms with Gasteiger partial charge < -0.3 is 10.1 Å².